The molecule has 0 N–H and O–H groups in total. The maximum absolute atomic E-state index is 13.8. The van der Waals surface area contributed by atoms with Gasteiger partial charge < -0.3 is 9.57 Å². The van der Waals surface area contributed by atoms with Crippen LogP contribution in [-0.2, 0) is 20.8 Å². The molecule has 2 aromatic carbocycles. The van der Waals surface area contributed by atoms with Gasteiger partial charge in [-0.2, -0.15) is 0 Å². The molecule has 7 nitrogen and oxygen atoms in total. The number of nitrogens with zero attached hydrogens (tertiary/aromatic N) is 3. The molecule has 0 saturated carbocycles. The molecule has 0 saturated heterocycles. The molecule has 1 atom stereocenters. The van der Waals surface area contributed by atoms with E-state index in [-0.39, 0.29) is 18.5 Å². The van der Waals surface area contributed by atoms with Gasteiger partial charge >= 0.3 is 0 Å². The van der Waals surface area contributed by atoms with E-state index in [9.17, 15) is 18.4 Å². The molecule has 0 spiro atoms. The Morgan fingerprint density at radius 3 is 2.61 bits per heavy atom. The number of oxime groups is 1. The van der Waals surface area contributed by atoms with Crippen LogP contribution in [0.25, 0.3) is 11.3 Å². The van der Waals surface area contributed by atoms with E-state index in [1.165, 1.54) is 18.5 Å². The van der Waals surface area contributed by atoms with Crippen molar-refractivity contribution in [2.45, 2.75) is 32.5 Å². The topological polar surface area (TPSA) is 90.7 Å². The van der Waals surface area contributed by atoms with Crippen LogP contribution in [0.4, 0.5) is 8.78 Å². The number of carbonyl (C=O) groups is 2. The van der Waals surface area contributed by atoms with Crippen molar-refractivity contribution in [2.24, 2.45) is 5.16 Å². The summed E-state index contributed by atoms with van der Waals surface area (Å²) in [6, 6.07) is 8.91. The minimum atomic E-state index is -1.15. The largest absolute Gasteiger partial charge is 0.423 e. The predicted octanol–water partition coefficient (Wildman–Crippen LogP) is 4.17. The first-order valence-corrected chi connectivity index (χ1v) is 10.1. The molecule has 33 heavy (non-hydrogen) atoms. The molecule has 4 rings (SSSR count). The average Bonchev–Trinajstić information content (AvgIpc) is 3.16. The third-order valence-electron chi connectivity index (χ3n) is 5.27. The van der Waals surface area contributed by atoms with Crippen molar-refractivity contribution in [1.29, 1.82) is 0 Å². The summed E-state index contributed by atoms with van der Waals surface area (Å²) in [7, 11) is 0. The fourth-order valence-corrected chi connectivity index (χ4v) is 3.52. The number of Topliss-reactive ketones (excluding diaryl/α,β-unsaturated/α-hetero) is 1. The lowest BCUT2D eigenvalue weighted by atomic mass is 9.97. The first-order chi connectivity index (χ1) is 15.8. The summed E-state index contributed by atoms with van der Waals surface area (Å²) in [4.78, 5) is 36.9. The van der Waals surface area contributed by atoms with Crippen molar-refractivity contribution >= 4 is 18.0 Å². The van der Waals surface area contributed by atoms with Gasteiger partial charge in [0.05, 0.1) is 41.7 Å². The average molecular weight is 451 g/mol. The van der Waals surface area contributed by atoms with E-state index in [2.05, 4.69) is 15.1 Å². The number of benzene rings is 2. The van der Waals surface area contributed by atoms with Crippen LogP contribution in [0.1, 0.15) is 40.5 Å². The molecule has 3 aromatic rings. The minimum absolute atomic E-state index is 0.284. The number of ketones is 1. The highest BCUT2D eigenvalue weighted by atomic mass is 19.1. The Labute approximate surface area is 188 Å². The molecule has 0 amide bonds. The van der Waals surface area contributed by atoms with Crippen LogP contribution in [0.2, 0.25) is 0 Å². The number of carbonyl (C=O) groups excluding carboxylic acids is 2. The van der Waals surface area contributed by atoms with Crippen LogP contribution < -0.4 is 0 Å². The summed E-state index contributed by atoms with van der Waals surface area (Å²) >= 11 is 0. The second-order valence-corrected chi connectivity index (χ2v) is 7.77. The van der Waals surface area contributed by atoms with Crippen LogP contribution in [0.15, 0.2) is 53.9 Å². The summed E-state index contributed by atoms with van der Waals surface area (Å²) in [6.45, 7) is 3.85. The second-order valence-electron chi connectivity index (χ2n) is 7.77. The lowest BCUT2D eigenvalue weighted by Gasteiger charge is -2.18. The van der Waals surface area contributed by atoms with Crippen LogP contribution in [0, 0.1) is 18.6 Å². The quantitative estimate of drug-likeness (QED) is 0.396. The van der Waals surface area contributed by atoms with Gasteiger partial charge in [0.15, 0.2) is 5.78 Å². The zero-order valence-corrected chi connectivity index (χ0v) is 17.8. The molecule has 9 heteroatoms. The van der Waals surface area contributed by atoms with Gasteiger partial charge in [-0.3, -0.25) is 19.6 Å². The third-order valence-corrected chi connectivity index (χ3v) is 5.27. The van der Waals surface area contributed by atoms with Crippen molar-refractivity contribution in [3.05, 3.63) is 82.8 Å². The first kappa shape index (κ1) is 22.2. The number of rotatable bonds is 7. The Hall–Kier alpha value is -4.01. The highest BCUT2D eigenvalue weighted by molar-refractivity contribution is 6.02. The Kier molecular flexibility index (Phi) is 5.95. The predicted molar refractivity (Wildman–Crippen MR) is 114 cm³/mol. The van der Waals surface area contributed by atoms with Crippen molar-refractivity contribution in [3.63, 3.8) is 0 Å². The van der Waals surface area contributed by atoms with E-state index in [0.29, 0.717) is 17.9 Å². The summed E-state index contributed by atoms with van der Waals surface area (Å²) in [6.07, 6.45) is 2.91. The molecule has 1 aliphatic rings. The fourth-order valence-electron chi connectivity index (χ4n) is 3.52. The zero-order valence-electron chi connectivity index (χ0n) is 17.8. The highest BCUT2D eigenvalue weighted by Gasteiger charge is 2.36. The Balaban J connectivity index is 1.54. The molecular formula is C24H19F2N3O4. The standard InChI is InChI=1S/C24H19F2N3O4/c1-14-6-7-15(20-10-24(2,32-13-30)33-29-20)8-17(14)21-12-27-16(11-28-21)9-22(31)23-18(25)4-3-5-19(23)26/h3-8,11-13H,9-10H2,1-2H3. The Morgan fingerprint density at radius 2 is 1.94 bits per heavy atom. The number of hydrogen-bond donors (Lipinski definition) is 0. The van der Waals surface area contributed by atoms with Gasteiger partial charge in [-0.15, -0.1) is 0 Å². The smallest absolute Gasteiger partial charge is 0.296 e. The van der Waals surface area contributed by atoms with Crippen molar-refractivity contribution in [1.82, 2.24) is 9.97 Å². The Morgan fingerprint density at radius 1 is 1.18 bits per heavy atom. The van der Waals surface area contributed by atoms with E-state index in [4.69, 9.17) is 9.57 Å². The number of hydrogen-bond acceptors (Lipinski definition) is 7. The van der Waals surface area contributed by atoms with E-state index in [1.807, 2.05) is 25.1 Å². The lowest BCUT2D eigenvalue weighted by Crippen LogP contribution is -2.28. The Bertz CT molecular complexity index is 1240. The second kappa shape index (κ2) is 8.85. The van der Waals surface area contributed by atoms with Crippen LogP contribution in [-0.4, -0.2) is 33.7 Å². The van der Waals surface area contributed by atoms with Gasteiger partial charge in [0, 0.05) is 24.2 Å². The van der Waals surface area contributed by atoms with Gasteiger partial charge in [0.2, 0.25) is 0 Å². The lowest BCUT2D eigenvalue weighted by molar-refractivity contribution is -0.200. The van der Waals surface area contributed by atoms with Gasteiger partial charge in [-0.1, -0.05) is 23.4 Å². The summed E-state index contributed by atoms with van der Waals surface area (Å²) < 4.78 is 32.7. The maximum atomic E-state index is 13.8. The van der Waals surface area contributed by atoms with Crippen molar-refractivity contribution < 1.29 is 27.9 Å². The van der Waals surface area contributed by atoms with Gasteiger partial charge in [0.1, 0.15) is 11.6 Å². The fraction of sp³-hybridized carbons (Fsp3) is 0.208. The molecule has 1 unspecified atom stereocenters. The zero-order chi connectivity index (χ0) is 23.6. The number of halogens is 2. The monoisotopic (exact) mass is 451 g/mol. The van der Waals surface area contributed by atoms with Crippen molar-refractivity contribution in [2.75, 3.05) is 0 Å². The molecule has 2 heterocycles. The van der Waals surface area contributed by atoms with Crippen LogP contribution in [0.5, 0.6) is 0 Å². The van der Waals surface area contributed by atoms with E-state index in [1.54, 1.807) is 6.92 Å². The number of aryl methyl sites for hydroxylation is 1. The van der Waals surface area contributed by atoms with E-state index >= 15 is 0 Å². The molecule has 1 aromatic heterocycles. The summed E-state index contributed by atoms with van der Waals surface area (Å²) in [5.74, 6) is -3.69. The van der Waals surface area contributed by atoms with Crippen LogP contribution >= 0.6 is 0 Å². The van der Waals surface area contributed by atoms with E-state index in [0.717, 1.165) is 28.8 Å². The van der Waals surface area contributed by atoms with Crippen molar-refractivity contribution in [3.8, 4) is 11.3 Å². The third kappa shape index (κ3) is 4.62. The van der Waals surface area contributed by atoms with Crippen LogP contribution in [0.3, 0.4) is 0 Å². The molecular weight excluding hydrogens is 432 g/mol. The van der Waals surface area contributed by atoms with Gasteiger partial charge in [0.25, 0.3) is 12.3 Å². The van der Waals surface area contributed by atoms with Gasteiger partial charge in [-0.25, -0.2) is 8.78 Å². The molecule has 0 aliphatic carbocycles. The molecule has 0 fully saturated rings. The van der Waals surface area contributed by atoms with Gasteiger partial charge in [-0.05, 0) is 30.7 Å². The maximum Gasteiger partial charge on any atom is 0.296 e. The SMILES string of the molecule is Cc1ccc(C2=NOC(C)(OC=O)C2)cc1-c1cnc(CC(=O)c2c(F)cccc2F)cn1. The molecule has 1 aliphatic heterocycles. The first-order valence-electron chi connectivity index (χ1n) is 10.1. The highest BCUT2D eigenvalue weighted by Crippen LogP contribution is 2.30. The minimum Gasteiger partial charge on any atom is -0.423 e. The number of ether oxygens (including phenoxy) is 1. The van der Waals surface area contributed by atoms with E-state index < -0.39 is 28.8 Å². The molecule has 168 valence electrons. The summed E-state index contributed by atoms with van der Waals surface area (Å²) in [5.41, 5.74) is 3.34. The normalized spacial score (nSPS) is 17.3. The number of aromatic nitrogens is 2. The molecule has 0 bridgehead atoms. The molecule has 0 radical (unpaired) electrons. The summed E-state index contributed by atoms with van der Waals surface area (Å²) in [5, 5.41) is 4.03.